The van der Waals surface area contributed by atoms with Gasteiger partial charge >= 0.3 is 0 Å². The molecule has 0 aliphatic rings. The Kier molecular flexibility index (Phi) is 2.57. The largest absolute Gasteiger partial charge is 0.390 e. The van der Waals surface area contributed by atoms with Gasteiger partial charge in [0.2, 0.25) is 0 Å². The van der Waals surface area contributed by atoms with E-state index in [1.165, 1.54) is 10.5 Å². The van der Waals surface area contributed by atoms with Gasteiger partial charge in [-0.2, -0.15) is 0 Å². The molecule has 1 aromatic carbocycles. The number of nitrogens with one attached hydrogen (secondary N) is 1. The molecule has 6 nitrogen and oxygen atoms in total. The fourth-order valence-corrected chi connectivity index (χ4v) is 2.07. The Bertz CT molecular complexity index is 790. The summed E-state index contributed by atoms with van der Waals surface area (Å²) in [6.07, 6.45) is 0. The normalized spacial score (nSPS) is 11.0. The van der Waals surface area contributed by atoms with Crippen LogP contribution in [-0.4, -0.2) is 19.5 Å². The van der Waals surface area contributed by atoms with Gasteiger partial charge in [-0.15, -0.1) is 0 Å². The maximum atomic E-state index is 12.1. The number of nitrogens with two attached hydrogens (primary N) is 1. The number of hydrogen-bond acceptors (Lipinski definition) is 4. The topological polar surface area (TPSA) is 96.4 Å². The third-order valence-electron chi connectivity index (χ3n) is 2.89. The Hall–Kier alpha value is -2.60. The molecule has 2 aromatic heterocycles. The number of imidazole rings is 1. The first-order valence-corrected chi connectivity index (χ1v) is 5.77. The van der Waals surface area contributed by atoms with Crippen molar-refractivity contribution < 1.29 is 5.11 Å². The van der Waals surface area contributed by atoms with Gasteiger partial charge in [0.15, 0.2) is 0 Å². The van der Waals surface area contributed by atoms with E-state index >= 15 is 0 Å². The number of hydrogen-bond donors (Lipinski definition) is 3. The van der Waals surface area contributed by atoms with Crippen molar-refractivity contribution in [2.45, 2.75) is 6.61 Å². The summed E-state index contributed by atoms with van der Waals surface area (Å²) < 4.78 is 1.41. The van der Waals surface area contributed by atoms with Crippen LogP contribution in [0.1, 0.15) is 5.69 Å². The Morgan fingerprint density at radius 2 is 2.05 bits per heavy atom. The van der Waals surface area contributed by atoms with Gasteiger partial charge in [-0.25, -0.2) is 9.38 Å². The first-order chi connectivity index (χ1) is 9.20. The number of benzene rings is 1. The number of H-pyrrole nitrogens is 1. The minimum absolute atomic E-state index is 0.242. The number of anilines is 1. The molecule has 0 atom stereocenters. The summed E-state index contributed by atoms with van der Waals surface area (Å²) >= 11 is 0. The second kappa shape index (κ2) is 4.25. The van der Waals surface area contributed by atoms with E-state index in [1.807, 2.05) is 30.3 Å². The summed E-state index contributed by atoms with van der Waals surface area (Å²) in [6, 6.07) is 10.6. The van der Waals surface area contributed by atoms with Crippen LogP contribution in [0.5, 0.6) is 0 Å². The van der Waals surface area contributed by atoms with Crippen LogP contribution in [0.2, 0.25) is 0 Å². The van der Waals surface area contributed by atoms with Gasteiger partial charge in [0.05, 0.1) is 6.61 Å². The molecule has 3 aromatic rings. The minimum atomic E-state index is -0.280. The highest BCUT2D eigenvalue weighted by atomic mass is 16.3. The van der Waals surface area contributed by atoms with Crippen LogP contribution >= 0.6 is 0 Å². The summed E-state index contributed by atoms with van der Waals surface area (Å²) in [4.78, 5) is 19.2. The van der Waals surface area contributed by atoms with E-state index in [-0.39, 0.29) is 18.0 Å². The van der Waals surface area contributed by atoms with Crippen LogP contribution in [0.15, 0.2) is 41.2 Å². The molecule has 0 unspecified atom stereocenters. The molecule has 6 heteroatoms. The number of aromatic amines is 1. The molecular formula is C13H12N4O2. The first kappa shape index (κ1) is 11.5. The summed E-state index contributed by atoms with van der Waals surface area (Å²) in [5.74, 6) is 0.729. The maximum Gasteiger partial charge on any atom is 0.261 e. The molecule has 0 aliphatic carbocycles. The van der Waals surface area contributed by atoms with Gasteiger partial charge in [-0.05, 0) is 0 Å². The van der Waals surface area contributed by atoms with E-state index in [9.17, 15) is 9.90 Å². The zero-order valence-electron chi connectivity index (χ0n) is 10.00. The molecule has 3 rings (SSSR count). The average molecular weight is 256 g/mol. The zero-order chi connectivity index (χ0) is 13.4. The van der Waals surface area contributed by atoms with Gasteiger partial charge in [0, 0.05) is 11.6 Å². The lowest BCUT2D eigenvalue weighted by atomic mass is 10.2. The monoisotopic (exact) mass is 256 g/mol. The third kappa shape index (κ3) is 1.78. The first-order valence-electron chi connectivity index (χ1n) is 5.77. The van der Waals surface area contributed by atoms with E-state index < -0.39 is 0 Å². The molecule has 0 fully saturated rings. The lowest BCUT2D eigenvalue weighted by molar-refractivity contribution is 0.279. The van der Waals surface area contributed by atoms with Crippen molar-refractivity contribution in [2.24, 2.45) is 0 Å². The van der Waals surface area contributed by atoms with Crippen LogP contribution in [0.4, 0.5) is 5.82 Å². The van der Waals surface area contributed by atoms with Crippen molar-refractivity contribution >= 4 is 11.5 Å². The molecule has 19 heavy (non-hydrogen) atoms. The number of aliphatic hydroxyl groups is 1. The van der Waals surface area contributed by atoms with Crippen molar-refractivity contribution in [3.8, 4) is 11.4 Å². The molecule has 0 radical (unpaired) electrons. The van der Waals surface area contributed by atoms with E-state index in [1.54, 1.807) is 0 Å². The van der Waals surface area contributed by atoms with Gasteiger partial charge in [-0.3, -0.25) is 4.79 Å². The predicted octanol–water partition coefficient (Wildman–Crippen LogP) is 0.764. The van der Waals surface area contributed by atoms with Gasteiger partial charge in [0.25, 0.3) is 5.56 Å². The molecule has 4 N–H and O–H groups in total. The number of nitrogen functional groups attached to an aromatic ring is 1. The number of nitrogens with zero attached hydrogens (tertiary/aromatic N) is 2. The average Bonchev–Trinajstić information content (AvgIpc) is 2.78. The predicted molar refractivity (Wildman–Crippen MR) is 71.6 cm³/mol. The summed E-state index contributed by atoms with van der Waals surface area (Å²) in [5, 5.41) is 9.34. The molecule has 0 aliphatic heterocycles. The smallest absolute Gasteiger partial charge is 0.261 e. The quantitative estimate of drug-likeness (QED) is 0.630. The Labute approximate surface area is 108 Å². The molecule has 0 bridgehead atoms. The molecule has 0 saturated carbocycles. The number of fused-ring (bicyclic) bond motifs is 1. The lowest BCUT2D eigenvalue weighted by Crippen LogP contribution is -2.15. The lowest BCUT2D eigenvalue weighted by Gasteiger charge is -2.01. The van der Waals surface area contributed by atoms with Gasteiger partial charge in [-0.1, -0.05) is 30.3 Å². The summed E-state index contributed by atoms with van der Waals surface area (Å²) in [5.41, 5.74) is 6.95. The van der Waals surface area contributed by atoms with Crippen molar-refractivity contribution in [2.75, 3.05) is 5.73 Å². The summed E-state index contributed by atoms with van der Waals surface area (Å²) in [6.45, 7) is -0.268. The van der Waals surface area contributed by atoms with Crippen LogP contribution in [0, 0.1) is 0 Å². The van der Waals surface area contributed by atoms with E-state index in [0.29, 0.717) is 17.2 Å². The number of aliphatic hydroxyl groups excluding tert-OH is 1. The Morgan fingerprint density at radius 3 is 2.74 bits per heavy atom. The highest BCUT2D eigenvalue weighted by Gasteiger charge is 2.15. The number of aromatic nitrogens is 3. The van der Waals surface area contributed by atoms with Crippen LogP contribution in [0.3, 0.4) is 0 Å². The van der Waals surface area contributed by atoms with Crippen molar-refractivity contribution in [3.05, 3.63) is 52.4 Å². The van der Waals surface area contributed by atoms with Gasteiger partial charge < -0.3 is 15.8 Å². The Balaban J connectivity index is 2.41. The second-order valence-electron chi connectivity index (χ2n) is 4.15. The standard InChI is InChI=1S/C13H12N4O2/c14-10-6-11(19)17-12(8-4-2-1-3-5-8)15-9(7-18)13(17)16-10/h1-6,16,18H,7,14H2. The molecule has 2 heterocycles. The number of rotatable bonds is 2. The van der Waals surface area contributed by atoms with Crippen molar-refractivity contribution in [1.82, 2.24) is 14.4 Å². The summed E-state index contributed by atoms with van der Waals surface area (Å²) in [7, 11) is 0. The molecular weight excluding hydrogens is 244 g/mol. The highest BCUT2D eigenvalue weighted by Crippen LogP contribution is 2.20. The van der Waals surface area contributed by atoms with Crippen LogP contribution in [-0.2, 0) is 6.61 Å². The third-order valence-corrected chi connectivity index (χ3v) is 2.89. The van der Waals surface area contributed by atoms with Crippen molar-refractivity contribution in [3.63, 3.8) is 0 Å². The minimum Gasteiger partial charge on any atom is -0.390 e. The van der Waals surface area contributed by atoms with E-state index in [0.717, 1.165) is 5.56 Å². The molecule has 0 amide bonds. The fraction of sp³-hybridized carbons (Fsp3) is 0.0769. The van der Waals surface area contributed by atoms with Crippen LogP contribution < -0.4 is 11.3 Å². The molecule has 0 spiro atoms. The Morgan fingerprint density at radius 1 is 1.32 bits per heavy atom. The van der Waals surface area contributed by atoms with Crippen LogP contribution in [0.25, 0.3) is 17.0 Å². The maximum absolute atomic E-state index is 12.1. The SMILES string of the molecule is Nc1cc(=O)n2c(-c3ccccc3)nc(CO)c2[nH]1. The second-order valence-corrected chi connectivity index (χ2v) is 4.15. The fourth-order valence-electron chi connectivity index (χ4n) is 2.07. The van der Waals surface area contributed by atoms with Gasteiger partial charge in [0.1, 0.15) is 23.0 Å². The van der Waals surface area contributed by atoms with Crippen molar-refractivity contribution in [1.29, 1.82) is 0 Å². The zero-order valence-corrected chi connectivity index (χ0v) is 10.00. The highest BCUT2D eigenvalue weighted by molar-refractivity contribution is 5.63. The molecule has 0 saturated heterocycles. The molecule has 96 valence electrons. The van der Waals surface area contributed by atoms with E-state index in [2.05, 4.69) is 9.97 Å². The van der Waals surface area contributed by atoms with E-state index in [4.69, 9.17) is 5.73 Å².